The number of oxazole rings is 1. The molecule has 72 valence electrons. The molecule has 0 spiro atoms. The van der Waals surface area contributed by atoms with Gasteiger partial charge >= 0.3 is 0 Å². The highest BCUT2D eigenvalue weighted by Crippen LogP contribution is 2.12. The van der Waals surface area contributed by atoms with Crippen LogP contribution in [0.15, 0.2) is 10.6 Å². The van der Waals surface area contributed by atoms with Gasteiger partial charge in [0.05, 0.1) is 12.7 Å². The summed E-state index contributed by atoms with van der Waals surface area (Å²) in [6, 6.07) is 0.546. The minimum absolute atomic E-state index is 0.436. The van der Waals surface area contributed by atoms with Gasteiger partial charge in [-0.3, -0.25) is 0 Å². The van der Waals surface area contributed by atoms with Gasteiger partial charge in [-0.25, -0.2) is 4.98 Å². The fourth-order valence-electron chi connectivity index (χ4n) is 1.68. The van der Waals surface area contributed by atoms with Crippen LogP contribution in [0, 0.1) is 0 Å². The smallest absolute Gasteiger partial charge is 0.195 e. The number of rotatable bonds is 3. The van der Waals surface area contributed by atoms with Crippen molar-refractivity contribution >= 4 is 0 Å². The molecule has 2 rings (SSSR count). The van der Waals surface area contributed by atoms with Crippen LogP contribution in [0.1, 0.15) is 24.5 Å². The fourth-order valence-corrected chi connectivity index (χ4v) is 1.68. The Morgan fingerprint density at radius 3 is 3.23 bits per heavy atom. The van der Waals surface area contributed by atoms with E-state index in [0.29, 0.717) is 12.6 Å². The third-order valence-corrected chi connectivity index (χ3v) is 2.39. The van der Waals surface area contributed by atoms with Crippen LogP contribution in [0.3, 0.4) is 0 Å². The summed E-state index contributed by atoms with van der Waals surface area (Å²) < 4.78 is 5.42. The Morgan fingerprint density at radius 1 is 1.69 bits per heavy atom. The molecule has 1 aliphatic rings. The highest BCUT2D eigenvalue weighted by atomic mass is 16.4. The maximum absolute atomic E-state index is 5.42. The van der Waals surface area contributed by atoms with E-state index in [1.165, 1.54) is 12.8 Å². The Labute approximate surface area is 77.5 Å². The van der Waals surface area contributed by atoms with E-state index in [1.54, 1.807) is 6.20 Å². The van der Waals surface area contributed by atoms with E-state index in [0.717, 1.165) is 24.6 Å². The first-order chi connectivity index (χ1) is 6.38. The molecule has 1 unspecified atom stereocenters. The molecule has 0 aromatic carbocycles. The van der Waals surface area contributed by atoms with Crippen molar-refractivity contribution in [3.8, 4) is 0 Å². The van der Waals surface area contributed by atoms with Crippen LogP contribution in [0.25, 0.3) is 0 Å². The van der Waals surface area contributed by atoms with Gasteiger partial charge in [0.15, 0.2) is 5.89 Å². The van der Waals surface area contributed by atoms with Gasteiger partial charge in [0.2, 0.25) is 0 Å². The van der Waals surface area contributed by atoms with Crippen LogP contribution in [0.5, 0.6) is 0 Å². The van der Waals surface area contributed by atoms with Crippen molar-refractivity contribution in [2.24, 2.45) is 5.73 Å². The van der Waals surface area contributed by atoms with Gasteiger partial charge in [0.25, 0.3) is 0 Å². The number of nitrogens with one attached hydrogen (secondary N) is 1. The van der Waals surface area contributed by atoms with Crippen molar-refractivity contribution in [3.05, 3.63) is 17.8 Å². The average Bonchev–Trinajstić information content (AvgIpc) is 2.76. The summed E-state index contributed by atoms with van der Waals surface area (Å²) in [5.74, 6) is 1.58. The number of nitrogens with two attached hydrogens (primary N) is 1. The molecular formula is C9H15N3O. The summed E-state index contributed by atoms with van der Waals surface area (Å²) in [4.78, 5) is 4.16. The van der Waals surface area contributed by atoms with Crippen molar-refractivity contribution in [1.29, 1.82) is 0 Å². The summed E-state index contributed by atoms with van der Waals surface area (Å²) in [6.07, 6.45) is 5.08. The van der Waals surface area contributed by atoms with Crippen molar-refractivity contribution in [2.45, 2.75) is 31.8 Å². The summed E-state index contributed by atoms with van der Waals surface area (Å²) in [5, 5.41) is 3.40. The molecule has 0 saturated carbocycles. The second kappa shape index (κ2) is 3.89. The van der Waals surface area contributed by atoms with Crippen molar-refractivity contribution < 1.29 is 4.42 Å². The predicted octanol–water partition coefficient (Wildman–Crippen LogP) is 0.428. The van der Waals surface area contributed by atoms with Gasteiger partial charge < -0.3 is 15.5 Å². The molecule has 0 radical (unpaired) electrons. The Kier molecular flexibility index (Phi) is 2.61. The van der Waals surface area contributed by atoms with E-state index in [1.807, 2.05) is 0 Å². The Hall–Kier alpha value is -0.870. The molecule has 13 heavy (non-hydrogen) atoms. The van der Waals surface area contributed by atoms with Crippen molar-refractivity contribution in [2.75, 3.05) is 6.54 Å². The van der Waals surface area contributed by atoms with Crippen LogP contribution >= 0.6 is 0 Å². The van der Waals surface area contributed by atoms with Gasteiger partial charge in [-0.15, -0.1) is 0 Å². The number of nitrogens with zero attached hydrogens (tertiary/aromatic N) is 1. The van der Waals surface area contributed by atoms with E-state index >= 15 is 0 Å². The first kappa shape index (κ1) is 8.72. The molecule has 2 heterocycles. The zero-order chi connectivity index (χ0) is 9.10. The zero-order valence-electron chi connectivity index (χ0n) is 7.62. The summed E-state index contributed by atoms with van der Waals surface area (Å²) >= 11 is 0. The van der Waals surface area contributed by atoms with Crippen LogP contribution in [-0.2, 0) is 13.0 Å². The molecule has 4 heteroatoms. The molecular weight excluding hydrogens is 166 g/mol. The molecule has 0 amide bonds. The van der Waals surface area contributed by atoms with E-state index in [-0.39, 0.29) is 0 Å². The van der Waals surface area contributed by atoms with Gasteiger partial charge in [0.1, 0.15) is 5.76 Å². The number of hydrogen-bond acceptors (Lipinski definition) is 4. The van der Waals surface area contributed by atoms with Crippen LogP contribution in [-0.4, -0.2) is 17.6 Å². The molecule has 1 atom stereocenters. The lowest BCUT2D eigenvalue weighted by molar-refractivity contribution is 0.429. The van der Waals surface area contributed by atoms with Gasteiger partial charge in [-0.05, 0) is 19.4 Å². The molecule has 1 aromatic rings. The number of aromatic nitrogens is 1. The maximum atomic E-state index is 5.42. The molecule has 1 saturated heterocycles. The molecule has 1 aromatic heterocycles. The molecule has 1 aliphatic heterocycles. The average molecular weight is 181 g/mol. The van der Waals surface area contributed by atoms with E-state index in [9.17, 15) is 0 Å². The summed E-state index contributed by atoms with van der Waals surface area (Å²) in [7, 11) is 0. The normalized spacial score (nSPS) is 22.4. The standard InChI is InChI=1S/C9H15N3O/c10-5-8-6-12-9(13-8)4-7-2-1-3-11-7/h6-7,11H,1-5,10H2. The minimum atomic E-state index is 0.436. The lowest BCUT2D eigenvalue weighted by atomic mass is 10.2. The largest absolute Gasteiger partial charge is 0.444 e. The number of hydrogen-bond donors (Lipinski definition) is 2. The van der Waals surface area contributed by atoms with Gasteiger partial charge in [0, 0.05) is 12.5 Å². The highest BCUT2D eigenvalue weighted by molar-refractivity contribution is 4.95. The first-order valence-electron chi connectivity index (χ1n) is 4.75. The Balaban J connectivity index is 1.92. The Morgan fingerprint density at radius 2 is 2.62 bits per heavy atom. The van der Waals surface area contributed by atoms with Crippen LogP contribution < -0.4 is 11.1 Å². The predicted molar refractivity (Wildman–Crippen MR) is 49.1 cm³/mol. The quantitative estimate of drug-likeness (QED) is 0.709. The SMILES string of the molecule is NCc1cnc(CC2CCCN2)o1. The van der Waals surface area contributed by atoms with Crippen molar-refractivity contribution in [1.82, 2.24) is 10.3 Å². The molecule has 1 fully saturated rings. The maximum Gasteiger partial charge on any atom is 0.195 e. The molecule has 3 N–H and O–H groups in total. The second-order valence-corrected chi connectivity index (χ2v) is 3.42. The van der Waals surface area contributed by atoms with E-state index in [2.05, 4.69) is 10.3 Å². The summed E-state index contributed by atoms with van der Waals surface area (Å²) in [5.41, 5.74) is 5.42. The van der Waals surface area contributed by atoms with E-state index in [4.69, 9.17) is 10.2 Å². The zero-order valence-corrected chi connectivity index (χ0v) is 7.62. The third kappa shape index (κ3) is 2.08. The van der Waals surface area contributed by atoms with Crippen LogP contribution in [0.4, 0.5) is 0 Å². The fraction of sp³-hybridized carbons (Fsp3) is 0.667. The van der Waals surface area contributed by atoms with Crippen LogP contribution in [0.2, 0.25) is 0 Å². The Bertz CT molecular complexity index is 266. The molecule has 4 nitrogen and oxygen atoms in total. The van der Waals surface area contributed by atoms with Gasteiger partial charge in [-0.2, -0.15) is 0 Å². The van der Waals surface area contributed by atoms with Crippen molar-refractivity contribution in [3.63, 3.8) is 0 Å². The molecule has 0 aliphatic carbocycles. The second-order valence-electron chi connectivity index (χ2n) is 3.42. The molecule has 0 bridgehead atoms. The highest BCUT2D eigenvalue weighted by Gasteiger charge is 2.16. The first-order valence-corrected chi connectivity index (χ1v) is 4.75. The van der Waals surface area contributed by atoms with Gasteiger partial charge in [-0.1, -0.05) is 0 Å². The lowest BCUT2D eigenvalue weighted by Crippen LogP contribution is -2.23. The third-order valence-electron chi connectivity index (χ3n) is 2.39. The van der Waals surface area contributed by atoms with E-state index < -0.39 is 0 Å². The lowest BCUT2D eigenvalue weighted by Gasteiger charge is -2.05. The summed E-state index contributed by atoms with van der Waals surface area (Å²) in [6.45, 7) is 1.56. The minimum Gasteiger partial charge on any atom is -0.444 e. The topological polar surface area (TPSA) is 64.1 Å². The monoisotopic (exact) mass is 181 g/mol.